The molecule has 0 atom stereocenters. The van der Waals surface area contributed by atoms with Gasteiger partial charge in [-0.05, 0) is 79.4 Å². The third kappa shape index (κ3) is 4.74. The third-order valence-electron chi connectivity index (χ3n) is 6.19. The maximum absolute atomic E-state index is 13.1. The number of piperidine rings is 1. The molecule has 5 rings (SSSR count). The summed E-state index contributed by atoms with van der Waals surface area (Å²) in [5.41, 5.74) is 7.84. The van der Waals surface area contributed by atoms with Gasteiger partial charge in [-0.2, -0.15) is 0 Å². The van der Waals surface area contributed by atoms with Gasteiger partial charge in [-0.15, -0.1) is 11.3 Å². The summed E-state index contributed by atoms with van der Waals surface area (Å²) in [6.45, 7) is 3.39. The van der Waals surface area contributed by atoms with Gasteiger partial charge in [0.2, 0.25) is 0 Å². The monoisotopic (exact) mass is 441 g/mol. The van der Waals surface area contributed by atoms with Gasteiger partial charge in [0.15, 0.2) is 0 Å². The number of nitrogens with zero attached hydrogens (tertiary/aromatic N) is 2. The van der Waals surface area contributed by atoms with Crippen LogP contribution in [0.5, 0.6) is 0 Å². The SMILES string of the molecule is O=C(Nc1ccc2scnc2c1)c1ccc(-c2ccccc2)c(CCN2CCCCC2)c1. The maximum atomic E-state index is 13.1. The molecule has 0 unspecified atom stereocenters. The van der Waals surface area contributed by atoms with Crippen molar-refractivity contribution in [2.75, 3.05) is 25.0 Å². The zero-order chi connectivity index (χ0) is 21.8. The van der Waals surface area contributed by atoms with Crippen LogP contribution in [0.3, 0.4) is 0 Å². The molecule has 1 saturated heterocycles. The molecule has 1 aromatic heterocycles. The van der Waals surface area contributed by atoms with E-state index < -0.39 is 0 Å². The highest BCUT2D eigenvalue weighted by molar-refractivity contribution is 7.16. The van der Waals surface area contributed by atoms with Gasteiger partial charge < -0.3 is 10.2 Å². The first kappa shape index (κ1) is 20.9. The molecule has 162 valence electrons. The lowest BCUT2D eigenvalue weighted by molar-refractivity contribution is 0.102. The first-order chi connectivity index (χ1) is 15.8. The molecular weight excluding hydrogens is 414 g/mol. The first-order valence-electron chi connectivity index (χ1n) is 11.3. The van der Waals surface area contributed by atoms with Crippen LogP contribution in [0.1, 0.15) is 35.2 Å². The van der Waals surface area contributed by atoms with Crippen LogP contribution in [-0.2, 0) is 6.42 Å². The molecule has 1 N–H and O–H groups in total. The van der Waals surface area contributed by atoms with E-state index in [0.29, 0.717) is 5.56 Å². The molecule has 1 aliphatic rings. The minimum atomic E-state index is -0.0848. The lowest BCUT2D eigenvalue weighted by Crippen LogP contribution is -2.31. The summed E-state index contributed by atoms with van der Waals surface area (Å²) in [5, 5.41) is 3.05. The van der Waals surface area contributed by atoms with Crippen molar-refractivity contribution in [1.29, 1.82) is 0 Å². The summed E-state index contributed by atoms with van der Waals surface area (Å²) in [6.07, 6.45) is 4.86. The van der Waals surface area contributed by atoms with E-state index in [4.69, 9.17) is 0 Å². The average Bonchev–Trinajstić information content (AvgIpc) is 3.32. The van der Waals surface area contributed by atoms with Gasteiger partial charge in [-0.25, -0.2) is 4.98 Å². The number of nitrogens with one attached hydrogen (secondary N) is 1. The van der Waals surface area contributed by atoms with Gasteiger partial charge in [-0.1, -0.05) is 42.8 Å². The Labute approximate surface area is 192 Å². The van der Waals surface area contributed by atoms with Crippen LogP contribution >= 0.6 is 11.3 Å². The van der Waals surface area contributed by atoms with Crippen LogP contribution in [0.2, 0.25) is 0 Å². The minimum absolute atomic E-state index is 0.0848. The molecule has 3 aromatic carbocycles. The van der Waals surface area contributed by atoms with E-state index >= 15 is 0 Å². The fraction of sp³-hybridized carbons (Fsp3) is 0.259. The predicted octanol–water partition coefficient (Wildman–Crippen LogP) is 6.24. The Hall–Kier alpha value is -3.02. The van der Waals surface area contributed by atoms with Gasteiger partial charge in [0.05, 0.1) is 15.7 Å². The topological polar surface area (TPSA) is 45.2 Å². The summed E-state index contributed by atoms with van der Waals surface area (Å²) in [6, 6.07) is 22.4. The number of benzene rings is 3. The Morgan fingerprint density at radius 3 is 2.66 bits per heavy atom. The van der Waals surface area contributed by atoms with Crippen LogP contribution in [-0.4, -0.2) is 35.4 Å². The predicted molar refractivity (Wildman–Crippen MR) is 133 cm³/mol. The molecule has 1 aliphatic heterocycles. The van der Waals surface area contributed by atoms with Crippen LogP contribution in [0, 0.1) is 0 Å². The summed E-state index contributed by atoms with van der Waals surface area (Å²) < 4.78 is 1.12. The molecule has 0 bridgehead atoms. The molecule has 0 spiro atoms. The molecule has 4 nitrogen and oxygen atoms in total. The highest BCUT2D eigenvalue weighted by Gasteiger charge is 2.15. The summed E-state index contributed by atoms with van der Waals surface area (Å²) in [7, 11) is 0. The second-order valence-corrected chi connectivity index (χ2v) is 9.27. The van der Waals surface area contributed by atoms with E-state index in [2.05, 4.69) is 51.6 Å². The summed E-state index contributed by atoms with van der Waals surface area (Å²) >= 11 is 1.60. The largest absolute Gasteiger partial charge is 0.322 e. The second kappa shape index (κ2) is 9.63. The molecule has 1 amide bonds. The Kier molecular flexibility index (Phi) is 6.28. The van der Waals surface area contributed by atoms with E-state index in [9.17, 15) is 4.79 Å². The van der Waals surface area contributed by atoms with Crippen LogP contribution in [0.15, 0.2) is 72.2 Å². The Balaban J connectivity index is 1.39. The average molecular weight is 442 g/mol. The van der Waals surface area contributed by atoms with Crippen LogP contribution < -0.4 is 5.32 Å². The number of fused-ring (bicyclic) bond motifs is 1. The molecule has 4 aromatic rings. The van der Waals surface area contributed by atoms with Crippen molar-refractivity contribution in [3.8, 4) is 11.1 Å². The van der Waals surface area contributed by atoms with Crippen LogP contribution in [0.4, 0.5) is 5.69 Å². The van der Waals surface area contributed by atoms with Gasteiger partial charge in [0.1, 0.15) is 0 Å². The van der Waals surface area contributed by atoms with Crippen molar-refractivity contribution < 1.29 is 4.79 Å². The quantitative estimate of drug-likeness (QED) is 0.385. The lowest BCUT2D eigenvalue weighted by Gasteiger charge is -2.26. The Bertz CT molecular complexity index is 1210. The van der Waals surface area contributed by atoms with Gasteiger partial charge in [0, 0.05) is 17.8 Å². The van der Waals surface area contributed by atoms with Crippen LogP contribution in [0.25, 0.3) is 21.3 Å². The highest BCUT2D eigenvalue weighted by Crippen LogP contribution is 2.27. The molecule has 0 radical (unpaired) electrons. The summed E-state index contributed by atoms with van der Waals surface area (Å²) in [5.74, 6) is -0.0848. The molecule has 0 aliphatic carbocycles. The fourth-order valence-electron chi connectivity index (χ4n) is 4.44. The second-order valence-electron chi connectivity index (χ2n) is 8.38. The van der Waals surface area contributed by atoms with Crippen molar-refractivity contribution >= 4 is 33.1 Å². The number of aromatic nitrogens is 1. The minimum Gasteiger partial charge on any atom is -0.322 e. The first-order valence-corrected chi connectivity index (χ1v) is 12.2. The number of carbonyl (C=O) groups is 1. The van der Waals surface area contributed by atoms with Gasteiger partial charge in [-0.3, -0.25) is 4.79 Å². The number of rotatable bonds is 6. The van der Waals surface area contributed by atoms with E-state index in [0.717, 1.165) is 28.9 Å². The normalized spacial score (nSPS) is 14.5. The Morgan fingerprint density at radius 2 is 1.81 bits per heavy atom. The smallest absolute Gasteiger partial charge is 0.255 e. The number of anilines is 1. The number of amides is 1. The molecule has 2 heterocycles. The fourth-order valence-corrected chi connectivity index (χ4v) is 5.10. The molecule has 0 saturated carbocycles. The van der Waals surface area contributed by atoms with Gasteiger partial charge >= 0.3 is 0 Å². The number of likely N-dealkylation sites (tertiary alicyclic amines) is 1. The van der Waals surface area contributed by atoms with Crippen molar-refractivity contribution in [3.05, 3.63) is 83.4 Å². The zero-order valence-corrected chi connectivity index (χ0v) is 18.9. The number of hydrogen-bond donors (Lipinski definition) is 1. The molecule has 5 heteroatoms. The lowest BCUT2D eigenvalue weighted by atomic mass is 9.95. The van der Waals surface area contributed by atoms with E-state index in [-0.39, 0.29) is 5.91 Å². The van der Waals surface area contributed by atoms with Crippen molar-refractivity contribution in [2.24, 2.45) is 0 Å². The third-order valence-corrected chi connectivity index (χ3v) is 7.00. The number of carbonyl (C=O) groups excluding carboxylic acids is 1. The molecular formula is C27H27N3OS. The maximum Gasteiger partial charge on any atom is 0.255 e. The van der Waals surface area contributed by atoms with E-state index in [1.54, 1.807) is 11.3 Å². The van der Waals surface area contributed by atoms with Crippen molar-refractivity contribution in [2.45, 2.75) is 25.7 Å². The Morgan fingerprint density at radius 1 is 0.969 bits per heavy atom. The number of hydrogen-bond acceptors (Lipinski definition) is 4. The van der Waals surface area contributed by atoms with Crippen molar-refractivity contribution in [3.63, 3.8) is 0 Å². The van der Waals surface area contributed by atoms with E-state index in [1.165, 1.54) is 49.0 Å². The zero-order valence-electron chi connectivity index (χ0n) is 18.1. The number of thiazole rings is 1. The highest BCUT2D eigenvalue weighted by atomic mass is 32.1. The van der Waals surface area contributed by atoms with Gasteiger partial charge in [0.25, 0.3) is 5.91 Å². The van der Waals surface area contributed by atoms with Crippen molar-refractivity contribution in [1.82, 2.24) is 9.88 Å². The van der Waals surface area contributed by atoms with E-state index in [1.807, 2.05) is 35.8 Å². The summed E-state index contributed by atoms with van der Waals surface area (Å²) in [4.78, 5) is 20.0. The molecule has 32 heavy (non-hydrogen) atoms. The standard InChI is InChI=1S/C27H27N3OS/c31-27(29-23-10-12-26-25(18-23)28-19-32-26)22-9-11-24(20-7-3-1-4-8-20)21(17-22)13-16-30-14-5-2-6-15-30/h1,3-4,7-12,17-19H,2,5-6,13-16H2,(H,29,31). The molecule has 1 fully saturated rings.